The summed E-state index contributed by atoms with van der Waals surface area (Å²) >= 11 is 0. The van der Waals surface area contributed by atoms with Crippen LogP contribution >= 0.6 is 0 Å². The Morgan fingerprint density at radius 1 is 0.737 bits per heavy atom. The van der Waals surface area contributed by atoms with Gasteiger partial charge in [-0.15, -0.1) is 0 Å². The highest BCUT2D eigenvalue weighted by Gasteiger charge is 2.13. The van der Waals surface area contributed by atoms with Crippen molar-refractivity contribution in [2.45, 2.75) is 52.9 Å². The van der Waals surface area contributed by atoms with Gasteiger partial charge >= 0.3 is 17.3 Å². The Morgan fingerprint density at radius 2 is 1.16 bits per heavy atom. The monoisotopic (exact) mass is 525 g/mol. The van der Waals surface area contributed by atoms with Crippen molar-refractivity contribution < 1.29 is 14.3 Å². The fourth-order valence-corrected chi connectivity index (χ4v) is 3.95. The first-order chi connectivity index (χ1) is 18.0. The quantitative estimate of drug-likeness (QED) is 0.232. The van der Waals surface area contributed by atoms with Gasteiger partial charge in [0.2, 0.25) is 0 Å². The second kappa shape index (κ2) is 12.2. The number of rotatable bonds is 10. The summed E-state index contributed by atoms with van der Waals surface area (Å²) in [6, 6.07) is 6.90. The number of nitrogens with one attached hydrogen (secondary N) is 1. The van der Waals surface area contributed by atoms with E-state index in [9.17, 15) is 24.0 Å². The summed E-state index contributed by atoms with van der Waals surface area (Å²) in [5.74, 6) is -0.428. The number of ether oxygens (including phenoxy) is 2. The van der Waals surface area contributed by atoms with Crippen LogP contribution in [0.25, 0.3) is 0 Å². The van der Waals surface area contributed by atoms with Crippen LogP contribution in [0.4, 0.5) is 0 Å². The fourth-order valence-electron chi connectivity index (χ4n) is 3.95. The van der Waals surface area contributed by atoms with Gasteiger partial charge in [-0.1, -0.05) is 24.3 Å². The molecule has 0 bridgehead atoms. The Morgan fingerprint density at radius 3 is 1.55 bits per heavy atom. The Bertz CT molecular complexity index is 1460. The molecule has 0 unspecified atom stereocenters. The number of benzene rings is 1. The third kappa shape index (κ3) is 6.44. The molecule has 3 rings (SSSR count). The number of carbonyl (C=O) groups is 1. The van der Waals surface area contributed by atoms with Crippen LogP contribution in [0.2, 0.25) is 0 Å². The summed E-state index contributed by atoms with van der Waals surface area (Å²) in [5, 5.41) is 7.62. The third-order valence-corrected chi connectivity index (χ3v) is 6.13. The minimum Gasteiger partial charge on any atom is -0.484 e. The minimum absolute atomic E-state index is 0.00229. The molecule has 1 N–H and O–H groups in total. The molecular formula is C26H31N5O7. The smallest absolute Gasteiger partial charge is 0.331 e. The Balaban J connectivity index is 1.84. The van der Waals surface area contributed by atoms with Crippen molar-refractivity contribution in [3.05, 3.63) is 101 Å². The van der Waals surface area contributed by atoms with E-state index in [0.29, 0.717) is 22.3 Å². The average Bonchev–Trinajstić information content (AvgIpc) is 2.91. The number of nitrogens with zero attached hydrogens (tertiary/aromatic N) is 4. The maximum absolute atomic E-state index is 12.9. The number of hydrogen-bond acceptors (Lipinski definition) is 8. The Labute approximate surface area is 217 Å². The van der Waals surface area contributed by atoms with E-state index in [1.807, 2.05) is 0 Å². The average molecular weight is 526 g/mol. The number of aromatic nitrogens is 4. The van der Waals surface area contributed by atoms with Crippen LogP contribution in [0.15, 0.2) is 55.8 Å². The molecule has 2 heterocycles. The van der Waals surface area contributed by atoms with Gasteiger partial charge in [-0.25, -0.2) is 9.59 Å². The second-order valence-corrected chi connectivity index (χ2v) is 8.88. The van der Waals surface area contributed by atoms with Crippen LogP contribution in [0.1, 0.15) is 35.1 Å². The SMILES string of the molecule is COC(=N)CCn1cc(C)c(=O)n(Cc2ccc(Cn3c(=O)c(C)cn(CCC(=O)OC)c3=O)cc2)c1=O. The number of carbonyl (C=O) groups excluding carboxylic acids is 1. The highest BCUT2D eigenvalue weighted by atomic mass is 16.5. The summed E-state index contributed by atoms with van der Waals surface area (Å²) in [6.07, 6.45) is 3.12. The first kappa shape index (κ1) is 28.1. The second-order valence-electron chi connectivity index (χ2n) is 8.88. The molecule has 3 aromatic rings. The summed E-state index contributed by atoms with van der Waals surface area (Å²) in [5.41, 5.74) is 0.244. The Hall–Kier alpha value is -4.48. The molecule has 12 heteroatoms. The summed E-state index contributed by atoms with van der Waals surface area (Å²) in [6.45, 7) is 3.55. The van der Waals surface area contributed by atoms with Crippen LogP contribution in [-0.4, -0.2) is 44.4 Å². The van der Waals surface area contributed by atoms with Gasteiger partial charge in [0.25, 0.3) is 11.1 Å². The lowest BCUT2D eigenvalue weighted by Crippen LogP contribution is -2.41. The molecule has 0 saturated carbocycles. The van der Waals surface area contributed by atoms with Crippen LogP contribution in [0.5, 0.6) is 0 Å². The summed E-state index contributed by atoms with van der Waals surface area (Å²) in [4.78, 5) is 62.6. The molecule has 0 aliphatic rings. The lowest BCUT2D eigenvalue weighted by molar-refractivity contribution is -0.140. The minimum atomic E-state index is -0.540. The van der Waals surface area contributed by atoms with Gasteiger partial charge in [-0.05, 0) is 25.0 Å². The van der Waals surface area contributed by atoms with Crippen molar-refractivity contribution >= 4 is 11.9 Å². The highest BCUT2D eigenvalue weighted by Crippen LogP contribution is 2.07. The normalized spacial score (nSPS) is 10.8. The van der Waals surface area contributed by atoms with Crippen LogP contribution in [0, 0.1) is 19.3 Å². The number of hydrogen-bond donors (Lipinski definition) is 1. The summed E-state index contributed by atoms with van der Waals surface area (Å²) < 4.78 is 14.4. The lowest BCUT2D eigenvalue weighted by atomic mass is 10.1. The molecule has 202 valence electrons. The molecule has 2 aromatic heterocycles. The lowest BCUT2D eigenvalue weighted by Gasteiger charge is -2.13. The van der Waals surface area contributed by atoms with Crippen molar-refractivity contribution in [3.63, 3.8) is 0 Å². The van der Waals surface area contributed by atoms with Gasteiger partial charge in [0.05, 0.1) is 33.7 Å². The molecule has 0 aliphatic carbocycles. The Kier molecular flexibility index (Phi) is 9.00. The van der Waals surface area contributed by atoms with E-state index < -0.39 is 28.5 Å². The topological polar surface area (TPSA) is 147 Å². The van der Waals surface area contributed by atoms with E-state index >= 15 is 0 Å². The number of aryl methyl sites for hydroxylation is 4. The molecule has 0 aliphatic heterocycles. The van der Waals surface area contributed by atoms with Crippen molar-refractivity contribution in [1.82, 2.24) is 18.3 Å². The first-order valence-electron chi connectivity index (χ1n) is 11.9. The van der Waals surface area contributed by atoms with Gasteiger partial charge < -0.3 is 9.47 Å². The third-order valence-electron chi connectivity index (χ3n) is 6.13. The molecule has 0 saturated heterocycles. The number of esters is 1. The molecule has 0 spiro atoms. The van der Waals surface area contributed by atoms with Gasteiger partial charge in [0.15, 0.2) is 5.90 Å². The molecule has 0 fully saturated rings. The molecule has 38 heavy (non-hydrogen) atoms. The van der Waals surface area contributed by atoms with Crippen LogP contribution in [-0.2, 0) is 40.4 Å². The maximum atomic E-state index is 12.9. The molecular weight excluding hydrogens is 494 g/mol. The van der Waals surface area contributed by atoms with E-state index in [1.54, 1.807) is 38.1 Å². The van der Waals surface area contributed by atoms with Crippen molar-refractivity contribution in [2.24, 2.45) is 0 Å². The van der Waals surface area contributed by atoms with Crippen molar-refractivity contribution in [2.75, 3.05) is 14.2 Å². The van der Waals surface area contributed by atoms with Gasteiger partial charge in [0.1, 0.15) is 0 Å². The molecule has 12 nitrogen and oxygen atoms in total. The zero-order valence-corrected chi connectivity index (χ0v) is 21.9. The van der Waals surface area contributed by atoms with E-state index in [2.05, 4.69) is 4.74 Å². The van der Waals surface area contributed by atoms with Gasteiger partial charge in [-0.3, -0.25) is 38.1 Å². The van der Waals surface area contributed by atoms with Gasteiger partial charge in [0, 0.05) is 43.0 Å². The standard InChI is InChI=1S/C26H31N5O7/c1-17-13-28(11-9-21(27)37-3)25(35)30(23(17)33)15-19-5-7-20(8-6-19)16-31-24(34)18(2)14-29(26(31)36)12-10-22(32)38-4/h5-8,13-14,27H,9-12,15-16H2,1-4H3. The van der Waals surface area contributed by atoms with E-state index in [-0.39, 0.29) is 44.9 Å². The van der Waals surface area contributed by atoms with E-state index in [1.165, 1.54) is 35.7 Å². The highest BCUT2D eigenvalue weighted by molar-refractivity contribution is 5.72. The molecule has 0 atom stereocenters. The van der Waals surface area contributed by atoms with Crippen molar-refractivity contribution in [1.29, 1.82) is 5.41 Å². The first-order valence-corrected chi connectivity index (χ1v) is 11.9. The number of methoxy groups -OCH3 is 2. The predicted octanol–water partition coefficient (Wildman–Crippen LogP) is 0.624. The van der Waals surface area contributed by atoms with E-state index in [0.717, 1.165) is 9.13 Å². The molecule has 0 radical (unpaired) electrons. The fraction of sp³-hybridized carbons (Fsp3) is 0.385. The largest absolute Gasteiger partial charge is 0.484 e. The molecule has 0 amide bonds. The predicted molar refractivity (Wildman–Crippen MR) is 140 cm³/mol. The van der Waals surface area contributed by atoms with Gasteiger partial charge in [-0.2, -0.15) is 0 Å². The maximum Gasteiger partial charge on any atom is 0.331 e. The van der Waals surface area contributed by atoms with E-state index in [4.69, 9.17) is 10.1 Å². The zero-order valence-electron chi connectivity index (χ0n) is 21.9. The zero-order chi connectivity index (χ0) is 28.0. The summed E-state index contributed by atoms with van der Waals surface area (Å²) in [7, 11) is 2.65. The van der Waals surface area contributed by atoms with Crippen molar-refractivity contribution in [3.8, 4) is 0 Å². The molecule has 1 aromatic carbocycles. The van der Waals surface area contributed by atoms with Crippen LogP contribution in [0.3, 0.4) is 0 Å². The van der Waals surface area contributed by atoms with Crippen LogP contribution < -0.4 is 22.5 Å².